The van der Waals surface area contributed by atoms with Gasteiger partial charge < -0.3 is 11.1 Å². The molecule has 0 radical (unpaired) electrons. The molecule has 2 unspecified atom stereocenters. The number of rotatable bonds is 2. The van der Waals surface area contributed by atoms with Crippen LogP contribution in [0.4, 0.5) is 5.69 Å². The number of nitrogen functional groups attached to an aromatic ring is 1. The Morgan fingerprint density at radius 1 is 1.23 bits per heavy atom. The van der Waals surface area contributed by atoms with Gasteiger partial charge in [0, 0.05) is 24.3 Å². The number of halogens is 3. The predicted molar refractivity (Wildman–Crippen MR) is 95.4 cm³/mol. The van der Waals surface area contributed by atoms with Gasteiger partial charge in [-0.1, -0.05) is 18.0 Å². The van der Waals surface area contributed by atoms with Gasteiger partial charge >= 0.3 is 0 Å². The molecule has 2 aliphatic rings. The zero-order valence-electron chi connectivity index (χ0n) is 12.3. The number of anilines is 1. The number of fused-ring (bicyclic) bond motifs is 1. The third kappa shape index (κ3) is 3.99. The number of carbonyl (C=O) groups excluding carboxylic acids is 1. The average molecular weight is 367 g/mol. The van der Waals surface area contributed by atoms with E-state index in [4.69, 9.17) is 17.3 Å². The van der Waals surface area contributed by atoms with Crippen molar-refractivity contribution in [3.63, 3.8) is 0 Å². The fraction of sp³-hybridized carbons (Fsp3) is 0.533. The minimum Gasteiger partial charge on any atom is -0.399 e. The van der Waals surface area contributed by atoms with Crippen LogP contribution in [0.1, 0.15) is 36.0 Å². The van der Waals surface area contributed by atoms with E-state index >= 15 is 0 Å². The maximum absolute atomic E-state index is 12.4. The summed E-state index contributed by atoms with van der Waals surface area (Å²) in [5, 5.41) is 3.57. The summed E-state index contributed by atoms with van der Waals surface area (Å²) in [5.74, 6) is -0.0903. The van der Waals surface area contributed by atoms with E-state index in [-0.39, 0.29) is 36.8 Å². The van der Waals surface area contributed by atoms with Crippen LogP contribution in [-0.2, 0) is 0 Å². The Labute approximate surface area is 148 Å². The molecule has 1 aromatic carbocycles. The van der Waals surface area contributed by atoms with Crippen LogP contribution in [0.3, 0.4) is 0 Å². The minimum absolute atomic E-state index is 0. The Kier molecular flexibility index (Phi) is 7.26. The third-order valence-electron chi connectivity index (χ3n) is 4.41. The number of nitrogens with one attached hydrogen (secondary N) is 1. The highest BCUT2D eigenvalue weighted by atomic mass is 35.5. The summed E-state index contributed by atoms with van der Waals surface area (Å²) in [6.45, 7) is 2.25. The van der Waals surface area contributed by atoms with Crippen molar-refractivity contribution in [2.24, 2.45) is 0 Å². The van der Waals surface area contributed by atoms with E-state index in [0.717, 1.165) is 13.0 Å². The smallest absolute Gasteiger partial charge is 0.253 e. The highest BCUT2D eigenvalue weighted by molar-refractivity contribution is 6.34. The number of hydrogen-bond donors (Lipinski definition) is 2. The summed E-state index contributed by atoms with van der Waals surface area (Å²) < 4.78 is 0. The fourth-order valence-electron chi connectivity index (χ4n) is 3.38. The molecule has 2 saturated heterocycles. The van der Waals surface area contributed by atoms with E-state index < -0.39 is 0 Å². The topological polar surface area (TPSA) is 58.4 Å². The number of amides is 1. The first-order valence-corrected chi connectivity index (χ1v) is 7.63. The second-order valence-corrected chi connectivity index (χ2v) is 6.11. The first-order valence-electron chi connectivity index (χ1n) is 7.25. The fourth-order valence-corrected chi connectivity index (χ4v) is 3.65. The van der Waals surface area contributed by atoms with Gasteiger partial charge in [-0.15, -0.1) is 24.8 Å². The highest BCUT2D eigenvalue weighted by Gasteiger charge is 2.36. The van der Waals surface area contributed by atoms with Crippen molar-refractivity contribution in [1.82, 2.24) is 10.2 Å². The molecule has 124 valence electrons. The normalized spacial score (nSPS) is 23.9. The summed E-state index contributed by atoms with van der Waals surface area (Å²) in [6.07, 6.45) is 4.75. The SMILES string of the molecule is Cl.Cl.Nc1ccc(C(=O)NC2CCN3CCCCC23)c(Cl)c1. The first-order chi connectivity index (χ1) is 9.65. The van der Waals surface area contributed by atoms with Crippen LogP contribution < -0.4 is 11.1 Å². The quantitative estimate of drug-likeness (QED) is 0.791. The van der Waals surface area contributed by atoms with Crippen LogP contribution in [0.2, 0.25) is 5.02 Å². The zero-order valence-corrected chi connectivity index (χ0v) is 14.6. The summed E-state index contributed by atoms with van der Waals surface area (Å²) in [6, 6.07) is 5.78. The van der Waals surface area contributed by atoms with Gasteiger partial charge in [0.25, 0.3) is 5.91 Å². The number of nitrogens with zero attached hydrogens (tertiary/aromatic N) is 1. The highest BCUT2D eigenvalue weighted by Crippen LogP contribution is 2.28. The summed E-state index contributed by atoms with van der Waals surface area (Å²) in [7, 11) is 0. The van der Waals surface area contributed by atoms with Crippen molar-refractivity contribution in [2.75, 3.05) is 18.8 Å². The van der Waals surface area contributed by atoms with Gasteiger partial charge in [0.15, 0.2) is 0 Å². The van der Waals surface area contributed by atoms with Crippen LogP contribution in [0.25, 0.3) is 0 Å². The lowest BCUT2D eigenvalue weighted by Gasteiger charge is -2.32. The molecule has 0 aromatic heterocycles. The van der Waals surface area contributed by atoms with Crippen molar-refractivity contribution in [3.8, 4) is 0 Å². The molecule has 0 aliphatic carbocycles. The molecule has 2 fully saturated rings. The maximum atomic E-state index is 12.4. The molecule has 3 rings (SSSR count). The van der Waals surface area contributed by atoms with Crippen molar-refractivity contribution < 1.29 is 4.79 Å². The van der Waals surface area contributed by atoms with E-state index in [2.05, 4.69) is 10.2 Å². The Bertz CT molecular complexity index is 527. The van der Waals surface area contributed by atoms with Gasteiger partial charge in [-0.3, -0.25) is 9.69 Å². The molecule has 2 atom stereocenters. The van der Waals surface area contributed by atoms with E-state index in [9.17, 15) is 4.79 Å². The van der Waals surface area contributed by atoms with E-state index in [0.29, 0.717) is 22.3 Å². The maximum Gasteiger partial charge on any atom is 0.253 e. The Morgan fingerprint density at radius 2 is 2.00 bits per heavy atom. The van der Waals surface area contributed by atoms with E-state index in [1.807, 2.05) is 0 Å². The van der Waals surface area contributed by atoms with E-state index in [1.165, 1.54) is 25.8 Å². The third-order valence-corrected chi connectivity index (χ3v) is 4.72. The molecular formula is C15H22Cl3N3O. The van der Waals surface area contributed by atoms with Crippen LogP contribution >= 0.6 is 36.4 Å². The molecule has 2 aliphatic heterocycles. The summed E-state index contributed by atoms with van der Waals surface area (Å²) >= 11 is 6.10. The molecule has 0 saturated carbocycles. The molecular weight excluding hydrogens is 345 g/mol. The zero-order chi connectivity index (χ0) is 14.1. The van der Waals surface area contributed by atoms with Gasteiger partial charge in [0.2, 0.25) is 0 Å². The Morgan fingerprint density at radius 3 is 2.73 bits per heavy atom. The van der Waals surface area contributed by atoms with Crippen molar-refractivity contribution in [1.29, 1.82) is 0 Å². The van der Waals surface area contributed by atoms with Gasteiger partial charge in [-0.05, 0) is 44.0 Å². The molecule has 1 amide bonds. The second-order valence-electron chi connectivity index (χ2n) is 5.71. The molecule has 0 spiro atoms. The van der Waals surface area contributed by atoms with Crippen LogP contribution in [-0.4, -0.2) is 36.0 Å². The second kappa shape index (κ2) is 8.25. The molecule has 7 heteroatoms. The van der Waals surface area contributed by atoms with Crippen molar-refractivity contribution in [3.05, 3.63) is 28.8 Å². The lowest BCUT2D eigenvalue weighted by Crippen LogP contribution is -2.46. The average Bonchev–Trinajstić information content (AvgIpc) is 2.82. The molecule has 0 bridgehead atoms. The monoisotopic (exact) mass is 365 g/mol. The van der Waals surface area contributed by atoms with Gasteiger partial charge in [-0.25, -0.2) is 0 Å². The van der Waals surface area contributed by atoms with Gasteiger partial charge in [0.05, 0.1) is 10.6 Å². The minimum atomic E-state index is -0.0903. The number of carbonyl (C=O) groups is 1. The van der Waals surface area contributed by atoms with E-state index in [1.54, 1.807) is 18.2 Å². The van der Waals surface area contributed by atoms with Gasteiger partial charge in [-0.2, -0.15) is 0 Å². The first kappa shape index (κ1) is 19.4. The molecule has 4 nitrogen and oxygen atoms in total. The number of piperidine rings is 1. The van der Waals surface area contributed by atoms with Crippen molar-refractivity contribution in [2.45, 2.75) is 37.8 Å². The lowest BCUT2D eigenvalue weighted by molar-refractivity contribution is 0.0915. The predicted octanol–water partition coefficient (Wildman–Crippen LogP) is 3.12. The van der Waals surface area contributed by atoms with Crippen LogP contribution in [0.15, 0.2) is 18.2 Å². The van der Waals surface area contributed by atoms with Crippen LogP contribution in [0.5, 0.6) is 0 Å². The largest absolute Gasteiger partial charge is 0.399 e. The Hall–Kier alpha value is -0.680. The Balaban J connectivity index is 0.00000121. The molecule has 1 aromatic rings. The number of hydrogen-bond acceptors (Lipinski definition) is 3. The van der Waals surface area contributed by atoms with Crippen molar-refractivity contribution >= 4 is 48.0 Å². The number of benzene rings is 1. The van der Waals surface area contributed by atoms with Gasteiger partial charge in [0.1, 0.15) is 0 Å². The standard InChI is InChI=1S/C15H20ClN3O.2ClH/c16-12-9-10(17)4-5-11(12)15(20)18-13-6-8-19-7-2-1-3-14(13)19;;/h4-5,9,13-14H,1-3,6-8,17H2,(H,18,20);2*1H. The molecule has 2 heterocycles. The molecule has 3 N–H and O–H groups in total. The van der Waals surface area contributed by atoms with Crippen LogP contribution in [0, 0.1) is 0 Å². The summed E-state index contributed by atoms with van der Waals surface area (Å²) in [4.78, 5) is 14.9. The number of nitrogens with two attached hydrogens (primary N) is 1. The molecule has 22 heavy (non-hydrogen) atoms. The lowest BCUT2D eigenvalue weighted by atomic mass is 9.99. The summed E-state index contributed by atoms with van der Waals surface area (Å²) in [5.41, 5.74) is 6.74.